The number of rotatable bonds is 2. The van der Waals surface area contributed by atoms with E-state index in [4.69, 9.17) is 0 Å². The zero-order valence-electron chi connectivity index (χ0n) is 11.1. The fraction of sp³-hybridized carbons (Fsp3) is 0.500. The third-order valence-electron chi connectivity index (χ3n) is 3.74. The van der Waals surface area contributed by atoms with E-state index in [1.807, 2.05) is 26.0 Å². The van der Waals surface area contributed by atoms with Gasteiger partial charge in [-0.1, -0.05) is 13.0 Å². The maximum Gasteiger partial charge on any atom is 0.229 e. The Morgan fingerprint density at radius 2 is 2.11 bits per heavy atom. The summed E-state index contributed by atoms with van der Waals surface area (Å²) in [7, 11) is 0. The van der Waals surface area contributed by atoms with Crippen molar-refractivity contribution < 1.29 is 9.90 Å². The maximum absolute atomic E-state index is 12.1. The van der Waals surface area contributed by atoms with Crippen molar-refractivity contribution in [1.29, 1.82) is 0 Å². The van der Waals surface area contributed by atoms with Crippen molar-refractivity contribution in [1.82, 2.24) is 5.32 Å². The molecule has 98 valence electrons. The molecule has 0 unspecified atom stereocenters. The fourth-order valence-electron chi connectivity index (χ4n) is 2.36. The van der Waals surface area contributed by atoms with Crippen LogP contribution in [0.3, 0.4) is 0 Å². The van der Waals surface area contributed by atoms with Gasteiger partial charge in [0.15, 0.2) is 0 Å². The van der Waals surface area contributed by atoms with Gasteiger partial charge in [0, 0.05) is 17.8 Å². The summed E-state index contributed by atoms with van der Waals surface area (Å²) >= 11 is 0. The summed E-state index contributed by atoms with van der Waals surface area (Å²) in [6, 6.07) is 3.66. The number of aromatic hydroxyl groups is 1. The van der Waals surface area contributed by atoms with Crippen molar-refractivity contribution in [2.45, 2.75) is 20.8 Å². The SMILES string of the molecule is Cc1ccc(NC(=O)[C@@H]2CNC[C@H]2C)c(C)c1O. The van der Waals surface area contributed by atoms with Crippen molar-refractivity contribution in [3.05, 3.63) is 23.3 Å². The molecule has 0 aromatic heterocycles. The van der Waals surface area contributed by atoms with Gasteiger partial charge in [0.25, 0.3) is 0 Å². The molecule has 0 bridgehead atoms. The number of amides is 1. The van der Waals surface area contributed by atoms with Gasteiger partial charge >= 0.3 is 0 Å². The summed E-state index contributed by atoms with van der Waals surface area (Å²) in [6.45, 7) is 7.34. The maximum atomic E-state index is 12.1. The van der Waals surface area contributed by atoms with E-state index in [2.05, 4.69) is 17.6 Å². The van der Waals surface area contributed by atoms with Crippen molar-refractivity contribution >= 4 is 11.6 Å². The molecule has 2 atom stereocenters. The molecule has 0 radical (unpaired) electrons. The van der Waals surface area contributed by atoms with E-state index in [-0.39, 0.29) is 17.6 Å². The zero-order chi connectivity index (χ0) is 13.3. The summed E-state index contributed by atoms with van der Waals surface area (Å²) in [5.74, 6) is 0.640. The van der Waals surface area contributed by atoms with Gasteiger partial charge in [-0.05, 0) is 37.9 Å². The second-order valence-corrected chi connectivity index (χ2v) is 5.13. The van der Waals surface area contributed by atoms with Gasteiger partial charge in [0.2, 0.25) is 5.91 Å². The number of hydrogen-bond donors (Lipinski definition) is 3. The topological polar surface area (TPSA) is 61.4 Å². The molecule has 1 heterocycles. The van der Waals surface area contributed by atoms with Gasteiger partial charge in [0.05, 0.1) is 5.92 Å². The third-order valence-corrected chi connectivity index (χ3v) is 3.74. The van der Waals surface area contributed by atoms with Crippen LogP contribution in [-0.4, -0.2) is 24.1 Å². The van der Waals surface area contributed by atoms with Gasteiger partial charge in [-0.3, -0.25) is 4.79 Å². The van der Waals surface area contributed by atoms with Gasteiger partial charge in [0.1, 0.15) is 5.75 Å². The van der Waals surface area contributed by atoms with E-state index < -0.39 is 0 Å². The molecule has 18 heavy (non-hydrogen) atoms. The Balaban J connectivity index is 2.14. The van der Waals surface area contributed by atoms with Gasteiger partial charge in [-0.25, -0.2) is 0 Å². The number of phenolic OH excluding ortho intramolecular Hbond substituents is 1. The first-order valence-corrected chi connectivity index (χ1v) is 6.31. The zero-order valence-corrected chi connectivity index (χ0v) is 11.1. The lowest BCUT2D eigenvalue weighted by Gasteiger charge is -2.16. The van der Waals surface area contributed by atoms with Crippen molar-refractivity contribution in [3.63, 3.8) is 0 Å². The van der Waals surface area contributed by atoms with Crippen molar-refractivity contribution in [2.75, 3.05) is 18.4 Å². The Kier molecular flexibility index (Phi) is 3.57. The Bertz CT molecular complexity index is 471. The lowest BCUT2D eigenvalue weighted by atomic mass is 9.97. The van der Waals surface area contributed by atoms with Crippen LogP contribution in [0, 0.1) is 25.7 Å². The lowest BCUT2D eigenvalue weighted by Crippen LogP contribution is -2.28. The van der Waals surface area contributed by atoms with E-state index in [0.29, 0.717) is 11.6 Å². The molecule has 4 heteroatoms. The second-order valence-electron chi connectivity index (χ2n) is 5.13. The lowest BCUT2D eigenvalue weighted by molar-refractivity contribution is -0.120. The van der Waals surface area contributed by atoms with E-state index in [0.717, 1.165) is 24.2 Å². The highest BCUT2D eigenvalue weighted by molar-refractivity contribution is 5.94. The Morgan fingerprint density at radius 3 is 2.72 bits per heavy atom. The molecule has 3 N–H and O–H groups in total. The summed E-state index contributed by atoms with van der Waals surface area (Å²) in [5, 5.41) is 16.0. The largest absolute Gasteiger partial charge is 0.507 e. The molecule has 1 aliphatic heterocycles. The standard InChI is InChI=1S/C14H20N2O2/c1-8-4-5-12(10(3)13(8)17)16-14(18)11-7-15-6-9(11)2/h4-5,9,11,15,17H,6-7H2,1-3H3,(H,16,18)/t9-,11-/m1/s1. The average Bonchev–Trinajstić information content (AvgIpc) is 2.76. The molecule has 0 spiro atoms. The van der Waals surface area contributed by atoms with Gasteiger partial charge < -0.3 is 15.7 Å². The van der Waals surface area contributed by atoms with Gasteiger partial charge in [-0.15, -0.1) is 0 Å². The van der Waals surface area contributed by atoms with Crippen LogP contribution in [0.25, 0.3) is 0 Å². The summed E-state index contributed by atoms with van der Waals surface area (Å²) in [5.41, 5.74) is 2.24. The normalized spacial score (nSPS) is 23.1. The average molecular weight is 248 g/mol. The molecule has 1 aromatic carbocycles. The first-order valence-electron chi connectivity index (χ1n) is 6.31. The molecule has 1 aromatic rings. The number of carbonyl (C=O) groups is 1. The quantitative estimate of drug-likeness (QED) is 0.748. The Hall–Kier alpha value is -1.55. The molecule has 4 nitrogen and oxygen atoms in total. The van der Waals surface area contributed by atoms with Crippen LogP contribution in [-0.2, 0) is 4.79 Å². The van der Waals surface area contributed by atoms with Crippen LogP contribution >= 0.6 is 0 Å². The Morgan fingerprint density at radius 1 is 1.39 bits per heavy atom. The summed E-state index contributed by atoms with van der Waals surface area (Å²) in [6.07, 6.45) is 0. The van der Waals surface area contributed by atoms with E-state index >= 15 is 0 Å². The van der Waals surface area contributed by atoms with Crippen LogP contribution < -0.4 is 10.6 Å². The predicted octanol–water partition coefficient (Wildman–Crippen LogP) is 1.80. The summed E-state index contributed by atoms with van der Waals surface area (Å²) in [4.78, 5) is 12.1. The predicted molar refractivity (Wildman–Crippen MR) is 71.7 cm³/mol. The number of carbonyl (C=O) groups excluding carboxylic acids is 1. The molecule has 1 fully saturated rings. The van der Waals surface area contributed by atoms with E-state index in [1.54, 1.807) is 0 Å². The minimum absolute atomic E-state index is 0.00726. The monoisotopic (exact) mass is 248 g/mol. The minimum Gasteiger partial charge on any atom is -0.507 e. The number of anilines is 1. The van der Waals surface area contributed by atoms with Gasteiger partial charge in [-0.2, -0.15) is 0 Å². The van der Waals surface area contributed by atoms with Crippen LogP contribution in [0.15, 0.2) is 12.1 Å². The van der Waals surface area contributed by atoms with Crippen LogP contribution in [0.1, 0.15) is 18.1 Å². The second kappa shape index (κ2) is 4.98. The number of benzene rings is 1. The first-order chi connectivity index (χ1) is 8.50. The van der Waals surface area contributed by atoms with Crippen molar-refractivity contribution in [3.8, 4) is 5.75 Å². The molecular formula is C14H20N2O2. The van der Waals surface area contributed by atoms with E-state index in [9.17, 15) is 9.90 Å². The third kappa shape index (κ3) is 2.34. The number of nitrogens with one attached hydrogen (secondary N) is 2. The molecule has 2 rings (SSSR count). The molecule has 0 saturated carbocycles. The molecular weight excluding hydrogens is 228 g/mol. The molecule has 1 aliphatic rings. The molecule has 0 aliphatic carbocycles. The number of hydrogen-bond acceptors (Lipinski definition) is 3. The highest BCUT2D eigenvalue weighted by atomic mass is 16.3. The fourth-order valence-corrected chi connectivity index (χ4v) is 2.36. The van der Waals surface area contributed by atoms with E-state index in [1.165, 1.54) is 0 Å². The number of aryl methyl sites for hydroxylation is 1. The summed E-state index contributed by atoms with van der Waals surface area (Å²) < 4.78 is 0. The highest BCUT2D eigenvalue weighted by Gasteiger charge is 2.29. The molecule has 1 amide bonds. The molecule has 1 saturated heterocycles. The van der Waals surface area contributed by atoms with Crippen LogP contribution in [0.2, 0.25) is 0 Å². The highest BCUT2D eigenvalue weighted by Crippen LogP contribution is 2.29. The minimum atomic E-state index is 0.00726. The first kappa shape index (κ1) is 12.9. The van der Waals surface area contributed by atoms with Crippen LogP contribution in [0.5, 0.6) is 5.75 Å². The number of phenols is 1. The smallest absolute Gasteiger partial charge is 0.229 e. The van der Waals surface area contributed by atoms with Crippen LogP contribution in [0.4, 0.5) is 5.69 Å². The Labute approximate surface area is 107 Å². The van der Waals surface area contributed by atoms with Crippen molar-refractivity contribution in [2.24, 2.45) is 11.8 Å².